The smallest absolute Gasteiger partial charge is 0.267 e. The number of sulfonamides is 1. The number of aryl methyl sites for hydroxylation is 1. The largest absolute Gasteiger partial charge is 0.476 e. The Morgan fingerprint density at radius 2 is 1.67 bits per heavy atom. The monoisotopic (exact) mass is 422 g/mol. The second kappa shape index (κ2) is 7.84. The average molecular weight is 423 g/mol. The summed E-state index contributed by atoms with van der Waals surface area (Å²) in [5, 5.41) is 2.88. The van der Waals surface area contributed by atoms with Crippen LogP contribution in [0.15, 0.2) is 77.7 Å². The van der Waals surface area contributed by atoms with Crippen LogP contribution in [0.25, 0.3) is 0 Å². The molecule has 3 aromatic rings. The SMILES string of the molecule is Cc1cccc(NC(=O)C2CN(S(=O)(=O)c3ccccc3)c3ccccc3O2)c1C. The Bertz CT molecular complexity index is 1190. The first-order valence-corrected chi connectivity index (χ1v) is 11.0. The Hall–Kier alpha value is -3.32. The van der Waals surface area contributed by atoms with E-state index in [1.807, 2.05) is 32.0 Å². The number of carbonyl (C=O) groups excluding carboxylic acids is 1. The van der Waals surface area contributed by atoms with Gasteiger partial charge in [0, 0.05) is 5.69 Å². The Labute approximate surface area is 176 Å². The van der Waals surface area contributed by atoms with E-state index < -0.39 is 22.0 Å². The van der Waals surface area contributed by atoms with E-state index in [0.29, 0.717) is 17.1 Å². The van der Waals surface area contributed by atoms with Crippen molar-refractivity contribution in [2.75, 3.05) is 16.2 Å². The highest BCUT2D eigenvalue weighted by Crippen LogP contribution is 2.37. The molecule has 6 nitrogen and oxygen atoms in total. The zero-order chi connectivity index (χ0) is 21.3. The van der Waals surface area contributed by atoms with Crippen molar-refractivity contribution >= 4 is 27.3 Å². The van der Waals surface area contributed by atoms with Crippen molar-refractivity contribution < 1.29 is 17.9 Å². The second-order valence-electron chi connectivity index (χ2n) is 7.16. The molecule has 1 amide bonds. The Morgan fingerprint density at radius 3 is 2.43 bits per heavy atom. The average Bonchev–Trinajstić information content (AvgIpc) is 2.76. The maximum Gasteiger partial charge on any atom is 0.267 e. The minimum absolute atomic E-state index is 0.120. The predicted molar refractivity (Wildman–Crippen MR) is 116 cm³/mol. The molecule has 0 spiro atoms. The van der Waals surface area contributed by atoms with Crippen LogP contribution in [-0.4, -0.2) is 27.0 Å². The number of hydrogen-bond donors (Lipinski definition) is 1. The molecule has 30 heavy (non-hydrogen) atoms. The van der Waals surface area contributed by atoms with E-state index in [9.17, 15) is 13.2 Å². The van der Waals surface area contributed by atoms with E-state index >= 15 is 0 Å². The first-order valence-electron chi connectivity index (χ1n) is 9.58. The summed E-state index contributed by atoms with van der Waals surface area (Å²) < 4.78 is 33.8. The van der Waals surface area contributed by atoms with Crippen LogP contribution in [0.3, 0.4) is 0 Å². The summed E-state index contributed by atoms with van der Waals surface area (Å²) in [6.45, 7) is 3.77. The van der Waals surface area contributed by atoms with E-state index in [0.717, 1.165) is 11.1 Å². The third kappa shape index (κ3) is 3.64. The van der Waals surface area contributed by atoms with Gasteiger partial charge in [-0.25, -0.2) is 8.42 Å². The van der Waals surface area contributed by atoms with Crippen LogP contribution in [0.2, 0.25) is 0 Å². The fraction of sp³-hybridized carbons (Fsp3) is 0.174. The van der Waals surface area contributed by atoms with Gasteiger partial charge in [0.1, 0.15) is 5.75 Å². The molecule has 0 aromatic heterocycles. The van der Waals surface area contributed by atoms with Gasteiger partial charge >= 0.3 is 0 Å². The number of nitrogens with one attached hydrogen (secondary N) is 1. The molecule has 7 heteroatoms. The number of benzene rings is 3. The molecule has 154 valence electrons. The van der Waals surface area contributed by atoms with Gasteiger partial charge in [-0.05, 0) is 55.3 Å². The van der Waals surface area contributed by atoms with E-state index in [2.05, 4.69) is 5.32 Å². The van der Waals surface area contributed by atoms with Gasteiger partial charge in [-0.2, -0.15) is 0 Å². The molecule has 1 N–H and O–H groups in total. The fourth-order valence-electron chi connectivity index (χ4n) is 3.39. The predicted octanol–water partition coefficient (Wildman–Crippen LogP) is 3.90. The van der Waals surface area contributed by atoms with Crippen molar-refractivity contribution in [3.8, 4) is 5.75 Å². The van der Waals surface area contributed by atoms with Crippen LogP contribution >= 0.6 is 0 Å². The number of amides is 1. The van der Waals surface area contributed by atoms with Gasteiger partial charge in [-0.3, -0.25) is 9.10 Å². The highest BCUT2D eigenvalue weighted by molar-refractivity contribution is 7.92. The van der Waals surface area contributed by atoms with Gasteiger partial charge in [-0.1, -0.05) is 42.5 Å². The normalized spacial score (nSPS) is 15.8. The second-order valence-corrected chi connectivity index (χ2v) is 9.02. The van der Waals surface area contributed by atoms with Crippen LogP contribution in [0, 0.1) is 13.8 Å². The van der Waals surface area contributed by atoms with E-state index in [4.69, 9.17) is 4.74 Å². The summed E-state index contributed by atoms with van der Waals surface area (Å²) in [6, 6.07) is 20.7. The Morgan fingerprint density at radius 1 is 0.967 bits per heavy atom. The minimum Gasteiger partial charge on any atom is -0.476 e. The molecule has 1 aliphatic rings. The number of carbonyl (C=O) groups is 1. The summed E-state index contributed by atoms with van der Waals surface area (Å²) in [5.41, 5.74) is 3.10. The molecule has 0 bridgehead atoms. The highest BCUT2D eigenvalue weighted by atomic mass is 32.2. The molecule has 1 heterocycles. The molecule has 3 aromatic carbocycles. The lowest BCUT2D eigenvalue weighted by Gasteiger charge is -2.34. The van der Waals surface area contributed by atoms with Crippen LogP contribution < -0.4 is 14.4 Å². The number of ether oxygens (including phenoxy) is 1. The molecule has 0 fully saturated rings. The number of rotatable bonds is 4. The maximum atomic E-state index is 13.3. The summed E-state index contributed by atoms with van der Waals surface area (Å²) >= 11 is 0. The quantitative estimate of drug-likeness (QED) is 0.692. The first-order chi connectivity index (χ1) is 14.4. The third-order valence-electron chi connectivity index (χ3n) is 5.22. The van der Waals surface area contributed by atoms with Gasteiger partial charge in [0.05, 0.1) is 17.1 Å². The lowest BCUT2D eigenvalue weighted by molar-refractivity contribution is -0.122. The van der Waals surface area contributed by atoms with Crippen molar-refractivity contribution in [1.82, 2.24) is 0 Å². The molecule has 1 atom stereocenters. The maximum absolute atomic E-state index is 13.3. The van der Waals surface area contributed by atoms with Gasteiger partial charge in [0.2, 0.25) is 0 Å². The van der Waals surface area contributed by atoms with E-state index in [1.54, 1.807) is 54.6 Å². The van der Waals surface area contributed by atoms with Crippen LogP contribution in [0.5, 0.6) is 5.75 Å². The number of anilines is 2. The van der Waals surface area contributed by atoms with Gasteiger partial charge in [0.25, 0.3) is 15.9 Å². The van der Waals surface area contributed by atoms with Crippen LogP contribution in [0.1, 0.15) is 11.1 Å². The number of hydrogen-bond acceptors (Lipinski definition) is 4. The number of nitrogens with zero attached hydrogens (tertiary/aromatic N) is 1. The van der Waals surface area contributed by atoms with Crippen LogP contribution in [-0.2, 0) is 14.8 Å². The molecule has 0 saturated heterocycles. The summed E-state index contributed by atoms with van der Waals surface area (Å²) in [4.78, 5) is 13.2. The lowest BCUT2D eigenvalue weighted by atomic mass is 10.1. The zero-order valence-corrected chi connectivity index (χ0v) is 17.5. The van der Waals surface area contributed by atoms with Crippen molar-refractivity contribution in [3.05, 3.63) is 83.9 Å². The first kappa shape index (κ1) is 20.0. The molecule has 1 unspecified atom stereocenters. The van der Waals surface area contributed by atoms with Crippen molar-refractivity contribution in [2.45, 2.75) is 24.8 Å². The Kier molecular flexibility index (Phi) is 5.22. The molecular formula is C23H22N2O4S. The topological polar surface area (TPSA) is 75.7 Å². The van der Waals surface area contributed by atoms with Gasteiger partial charge < -0.3 is 10.1 Å². The lowest BCUT2D eigenvalue weighted by Crippen LogP contribution is -2.48. The standard InChI is InChI=1S/C23H22N2O4S/c1-16-9-8-12-19(17(16)2)24-23(26)22-15-25(20-13-6-7-14-21(20)29-22)30(27,28)18-10-4-3-5-11-18/h3-14,22H,15H2,1-2H3,(H,24,26). The van der Waals surface area contributed by atoms with Crippen molar-refractivity contribution in [2.24, 2.45) is 0 Å². The summed E-state index contributed by atoms with van der Waals surface area (Å²) in [7, 11) is -3.86. The molecule has 0 saturated carbocycles. The molecule has 0 radical (unpaired) electrons. The number of fused-ring (bicyclic) bond motifs is 1. The van der Waals surface area contributed by atoms with E-state index in [1.165, 1.54) is 4.31 Å². The van der Waals surface area contributed by atoms with Gasteiger partial charge in [-0.15, -0.1) is 0 Å². The molecule has 0 aliphatic carbocycles. The van der Waals surface area contributed by atoms with E-state index in [-0.39, 0.29) is 11.4 Å². The minimum atomic E-state index is -3.86. The molecule has 1 aliphatic heterocycles. The molecule has 4 rings (SSSR count). The highest BCUT2D eigenvalue weighted by Gasteiger charge is 2.37. The summed E-state index contributed by atoms with van der Waals surface area (Å²) in [6.07, 6.45) is -0.988. The third-order valence-corrected chi connectivity index (χ3v) is 7.01. The van der Waals surface area contributed by atoms with Crippen molar-refractivity contribution in [3.63, 3.8) is 0 Å². The fourth-order valence-corrected chi connectivity index (χ4v) is 4.88. The summed E-state index contributed by atoms with van der Waals surface area (Å²) in [5.74, 6) is -0.0455. The van der Waals surface area contributed by atoms with Crippen LogP contribution in [0.4, 0.5) is 11.4 Å². The van der Waals surface area contributed by atoms with Gasteiger partial charge in [0.15, 0.2) is 6.10 Å². The Balaban J connectivity index is 1.68. The number of para-hydroxylation sites is 2. The molecular weight excluding hydrogens is 400 g/mol. The van der Waals surface area contributed by atoms with Crippen molar-refractivity contribution in [1.29, 1.82) is 0 Å². The zero-order valence-electron chi connectivity index (χ0n) is 16.7.